The van der Waals surface area contributed by atoms with Gasteiger partial charge in [-0.15, -0.1) is 0 Å². The summed E-state index contributed by atoms with van der Waals surface area (Å²) in [5.74, 6) is -0.580. The standard InChI is InChI=1S/C24H23FN6O/c1-30-22(15-31-10-2-3-11-31)20(14-27-30)17-4-5-18-13-26-24(28-21(18)12-17)29-23(32)16-6-8-19(25)9-7-16/h4-9,12-14H,2-3,10-11,15H2,1H3,(H,26,28,29,32). The maximum atomic E-state index is 13.1. The molecule has 5 rings (SSSR count). The summed E-state index contributed by atoms with van der Waals surface area (Å²) in [5.41, 5.74) is 4.34. The number of benzene rings is 2. The van der Waals surface area contributed by atoms with E-state index in [1.807, 2.05) is 36.1 Å². The third-order valence-corrected chi connectivity index (χ3v) is 5.86. The lowest BCUT2D eigenvalue weighted by Crippen LogP contribution is -2.20. The number of amides is 1. The number of likely N-dealkylation sites (tertiary alicyclic amines) is 1. The van der Waals surface area contributed by atoms with Crippen molar-refractivity contribution in [2.24, 2.45) is 7.05 Å². The minimum Gasteiger partial charge on any atom is -0.298 e. The summed E-state index contributed by atoms with van der Waals surface area (Å²) in [4.78, 5) is 23.7. The van der Waals surface area contributed by atoms with Gasteiger partial charge in [-0.2, -0.15) is 5.10 Å². The van der Waals surface area contributed by atoms with E-state index >= 15 is 0 Å². The van der Waals surface area contributed by atoms with Crippen LogP contribution in [0.25, 0.3) is 22.0 Å². The van der Waals surface area contributed by atoms with E-state index in [0.717, 1.165) is 41.7 Å². The first-order valence-electron chi connectivity index (χ1n) is 10.6. The minimum atomic E-state index is -0.393. The normalized spacial score (nSPS) is 14.2. The van der Waals surface area contributed by atoms with E-state index in [0.29, 0.717) is 5.56 Å². The first kappa shape index (κ1) is 20.3. The van der Waals surface area contributed by atoms with Crippen molar-refractivity contribution in [2.75, 3.05) is 18.4 Å². The largest absolute Gasteiger partial charge is 0.298 e. The molecule has 2 aromatic heterocycles. The van der Waals surface area contributed by atoms with Crippen molar-refractivity contribution in [1.29, 1.82) is 0 Å². The van der Waals surface area contributed by atoms with E-state index in [1.54, 1.807) is 6.20 Å². The monoisotopic (exact) mass is 430 g/mol. The van der Waals surface area contributed by atoms with Crippen LogP contribution >= 0.6 is 0 Å². The molecule has 2 aromatic carbocycles. The van der Waals surface area contributed by atoms with Gasteiger partial charge in [0.2, 0.25) is 5.95 Å². The first-order chi connectivity index (χ1) is 15.6. The summed E-state index contributed by atoms with van der Waals surface area (Å²) in [6.07, 6.45) is 6.06. The molecular formula is C24H23FN6O. The highest BCUT2D eigenvalue weighted by Crippen LogP contribution is 2.28. The molecule has 4 aromatic rings. The molecule has 1 amide bonds. The number of aromatic nitrogens is 4. The number of nitrogens with zero attached hydrogens (tertiary/aromatic N) is 5. The number of carbonyl (C=O) groups is 1. The van der Waals surface area contributed by atoms with Crippen molar-refractivity contribution < 1.29 is 9.18 Å². The fourth-order valence-corrected chi connectivity index (χ4v) is 4.07. The van der Waals surface area contributed by atoms with Crippen molar-refractivity contribution in [1.82, 2.24) is 24.6 Å². The van der Waals surface area contributed by atoms with Gasteiger partial charge in [-0.1, -0.05) is 12.1 Å². The van der Waals surface area contributed by atoms with Crippen LogP contribution < -0.4 is 5.32 Å². The predicted octanol–water partition coefficient (Wildman–Crippen LogP) is 4.02. The minimum absolute atomic E-state index is 0.201. The number of hydrogen-bond acceptors (Lipinski definition) is 5. The van der Waals surface area contributed by atoms with E-state index in [4.69, 9.17) is 0 Å². The molecule has 1 saturated heterocycles. The number of anilines is 1. The lowest BCUT2D eigenvalue weighted by atomic mass is 10.0. The summed E-state index contributed by atoms with van der Waals surface area (Å²) in [6, 6.07) is 11.4. The third kappa shape index (κ3) is 4.09. The van der Waals surface area contributed by atoms with Gasteiger partial charge in [0.15, 0.2) is 0 Å². The Morgan fingerprint density at radius 3 is 2.66 bits per heavy atom. The fourth-order valence-electron chi connectivity index (χ4n) is 4.07. The second kappa shape index (κ2) is 8.47. The molecule has 0 aliphatic carbocycles. The van der Waals surface area contributed by atoms with E-state index in [2.05, 4.69) is 25.3 Å². The van der Waals surface area contributed by atoms with E-state index in [-0.39, 0.29) is 11.9 Å². The molecule has 0 atom stereocenters. The van der Waals surface area contributed by atoms with Crippen molar-refractivity contribution in [3.63, 3.8) is 0 Å². The van der Waals surface area contributed by atoms with Gasteiger partial charge in [-0.25, -0.2) is 14.4 Å². The van der Waals surface area contributed by atoms with Gasteiger partial charge in [0, 0.05) is 36.3 Å². The van der Waals surface area contributed by atoms with Crippen molar-refractivity contribution in [2.45, 2.75) is 19.4 Å². The lowest BCUT2D eigenvalue weighted by Gasteiger charge is -2.16. The predicted molar refractivity (Wildman–Crippen MR) is 121 cm³/mol. The molecule has 1 N–H and O–H groups in total. The van der Waals surface area contributed by atoms with Crippen LogP contribution in [0.4, 0.5) is 10.3 Å². The molecular weight excluding hydrogens is 407 g/mol. The Labute approximate surface area is 184 Å². The Morgan fingerprint density at radius 2 is 1.88 bits per heavy atom. The lowest BCUT2D eigenvalue weighted by molar-refractivity contribution is 0.102. The number of rotatable bonds is 5. The zero-order valence-electron chi connectivity index (χ0n) is 17.8. The average molecular weight is 430 g/mol. The van der Waals surface area contributed by atoms with Crippen LogP contribution in [0.2, 0.25) is 0 Å². The van der Waals surface area contributed by atoms with Gasteiger partial charge in [-0.05, 0) is 61.8 Å². The van der Waals surface area contributed by atoms with Crippen LogP contribution in [0, 0.1) is 5.82 Å². The van der Waals surface area contributed by atoms with Gasteiger partial charge < -0.3 is 0 Å². The second-order valence-corrected chi connectivity index (χ2v) is 8.04. The molecule has 7 nitrogen and oxygen atoms in total. The van der Waals surface area contributed by atoms with Crippen LogP contribution in [0.1, 0.15) is 28.9 Å². The Kier molecular flexibility index (Phi) is 5.36. The maximum absolute atomic E-state index is 13.1. The number of nitrogens with one attached hydrogen (secondary N) is 1. The Bertz CT molecular complexity index is 1280. The van der Waals surface area contributed by atoms with Crippen LogP contribution in [0.3, 0.4) is 0 Å². The number of aryl methyl sites for hydroxylation is 1. The van der Waals surface area contributed by atoms with E-state index in [9.17, 15) is 9.18 Å². The number of fused-ring (bicyclic) bond motifs is 1. The first-order valence-corrected chi connectivity index (χ1v) is 10.6. The molecule has 1 aliphatic rings. The third-order valence-electron chi connectivity index (χ3n) is 5.86. The van der Waals surface area contributed by atoms with Crippen molar-refractivity contribution >= 4 is 22.8 Å². The topological polar surface area (TPSA) is 75.9 Å². The van der Waals surface area contributed by atoms with Crippen molar-refractivity contribution in [3.05, 3.63) is 71.9 Å². The van der Waals surface area contributed by atoms with E-state index in [1.165, 1.54) is 42.8 Å². The van der Waals surface area contributed by atoms with Crippen LogP contribution in [-0.2, 0) is 13.6 Å². The highest BCUT2D eigenvalue weighted by atomic mass is 19.1. The average Bonchev–Trinajstić information content (AvgIpc) is 3.44. The van der Waals surface area contributed by atoms with Gasteiger partial charge >= 0.3 is 0 Å². The highest BCUT2D eigenvalue weighted by molar-refractivity contribution is 6.03. The molecule has 8 heteroatoms. The maximum Gasteiger partial charge on any atom is 0.258 e. The molecule has 0 bridgehead atoms. The summed E-state index contributed by atoms with van der Waals surface area (Å²) >= 11 is 0. The summed E-state index contributed by atoms with van der Waals surface area (Å²) < 4.78 is 15.0. The van der Waals surface area contributed by atoms with Gasteiger partial charge in [-0.3, -0.25) is 19.7 Å². The summed E-state index contributed by atoms with van der Waals surface area (Å²) in [7, 11) is 1.97. The molecule has 1 fully saturated rings. The van der Waals surface area contributed by atoms with Gasteiger partial charge in [0.25, 0.3) is 5.91 Å². The van der Waals surface area contributed by atoms with E-state index < -0.39 is 5.82 Å². The zero-order valence-corrected chi connectivity index (χ0v) is 17.8. The fraction of sp³-hybridized carbons (Fsp3) is 0.250. The highest BCUT2D eigenvalue weighted by Gasteiger charge is 2.18. The quantitative estimate of drug-likeness (QED) is 0.518. The van der Waals surface area contributed by atoms with Crippen LogP contribution in [0.5, 0.6) is 0 Å². The molecule has 0 spiro atoms. The Hall–Kier alpha value is -3.65. The number of hydrogen-bond donors (Lipinski definition) is 1. The molecule has 162 valence electrons. The Morgan fingerprint density at radius 1 is 1.09 bits per heavy atom. The zero-order chi connectivity index (χ0) is 22.1. The summed E-state index contributed by atoms with van der Waals surface area (Å²) in [6.45, 7) is 3.10. The Balaban J connectivity index is 1.43. The smallest absolute Gasteiger partial charge is 0.258 e. The molecule has 0 saturated carbocycles. The number of carbonyl (C=O) groups excluding carboxylic acids is 1. The molecule has 3 heterocycles. The molecule has 1 aliphatic heterocycles. The van der Waals surface area contributed by atoms with Crippen LogP contribution in [0.15, 0.2) is 54.9 Å². The molecule has 32 heavy (non-hydrogen) atoms. The van der Waals surface area contributed by atoms with Crippen molar-refractivity contribution in [3.8, 4) is 11.1 Å². The van der Waals surface area contributed by atoms with Gasteiger partial charge in [0.1, 0.15) is 5.82 Å². The second-order valence-electron chi connectivity index (χ2n) is 8.04. The molecule has 0 radical (unpaired) electrons. The SMILES string of the molecule is Cn1ncc(-c2ccc3cnc(NC(=O)c4ccc(F)cc4)nc3c2)c1CN1CCCC1. The number of halogens is 1. The van der Waals surface area contributed by atoms with Crippen LogP contribution in [-0.4, -0.2) is 43.6 Å². The molecule has 0 unspecified atom stereocenters. The summed E-state index contributed by atoms with van der Waals surface area (Å²) in [5, 5.41) is 8.04. The van der Waals surface area contributed by atoms with Gasteiger partial charge in [0.05, 0.1) is 17.4 Å².